The number of carbonyl (C=O) groups excluding carboxylic acids is 1. The van der Waals surface area contributed by atoms with Crippen LogP contribution < -0.4 is 9.58 Å². The molecule has 0 amide bonds. The Morgan fingerprint density at radius 1 is 1.03 bits per heavy atom. The van der Waals surface area contributed by atoms with Gasteiger partial charge in [-0.15, -0.1) is 4.85 Å². The molecule has 0 saturated carbocycles. The molecule has 0 fully saturated rings. The highest BCUT2D eigenvalue weighted by Gasteiger charge is 2.18. The molecule has 1 aromatic heterocycles. The lowest BCUT2D eigenvalue weighted by atomic mass is 10.1. The molecule has 164 valence electrons. The van der Waals surface area contributed by atoms with Crippen LogP contribution in [-0.4, -0.2) is 22.4 Å². The van der Waals surface area contributed by atoms with Crippen molar-refractivity contribution in [2.24, 2.45) is 0 Å². The van der Waals surface area contributed by atoms with Gasteiger partial charge in [0.2, 0.25) is 11.0 Å². The maximum atomic E-state index is 12.6. The van der Waals surface area contributed by atoms with Gasteiger partial charge in [0.05, 0.1) is 6.61 Å². The van der Waals surface area contributed by atoms with E-state index in [1.165, 1.54) is 31.8 Å². The average molecular weight is 430 g/mol. The smallest absolute Gasteiger partial charge is 0.359 e. The van der Waals surface area contributed by atoms with E-state index in [1.54, 1.807) is 30.3 Å². The fourth-order valence-electron chi connectivity index (χ4n) is 3.71. The minimum absolute atomic E-state index is 0.360. The Morgan fingerprint density at radius 3 is 2.69 bits per heavy atom. The van der Waals surface area contributed by atoms with Crippen LogP contribution in [0.2, 0.25) is 0 Å². The van der Waals surface area contributed by atoms with Crippen LogP contribution in [0.5, 0.6) is 5.75 Å². The van der Waals surface area contributed by atoms with Gasteiger partial charge in [-0.05, 0) is 59.2 Å². The Balaban J connectivity index is 1.42. The quantitative estimate of drug-likeness (QED) is 0.152. The van der Waals surface area contributed by atoms with Crippen LogP contribution in [0, 0.1) is 5.21 Å². The number of aromatic nitrogens is 3. The van der Waals surface area contributed by atoms with Gasteiger partial charge in [-0.3, -0.25) is 0 Å². The lowest BCUT2D eigenvalue weighted by molar-refractivity contribution is -0.645. The Bertz CT molecular complexity index is 1260. The molecule has 4 rings (SSSR count). The Hall–Kier alpha value is -3.67. The van der Waals surface area contributed by atoms with Crippen LogP contribution in [0.1, 0.15) is 49.4 Å². The highest BCUT2D eigenvalue weighted by Crippen LogP contribution is 2.23. The van der Waals surface area contributed by atoms with E-state index in [4.69, 9.17) is 4.74 Å². The normalized spacial score (nSPS) is 11.5. The Labute approximate surface area is 187 Å². The minimum Gasteiger partial charge on any atom is -0.691 e. The number of fused-ring (bicyclic) bond motifs is 2. The number of allylic oxidation sites excluding steroid dienone is 1. The summed E-state index contributed by atoms with van der Waals surface area (Å²) in [5, 5.41) is 17.8. The molecule has 0 aliphatic carbocycles. The lowest BCUT2D eigenvalue weighted by Crippen LogP contribution is -2.30. The number of hydrogen-bond acceptors (Lipinski definition) is 4. The molecule has 0 spiro atoms. The molecule has 0 aliphatic heterocycles. The van der Waals surface area contributed by atoms with Gasteiger partial charge in [0.25, 0.3) is 0 Å². The largest absolute Gasteiger partial charge is 0.691 e. The monoisotopic (exact) mass is 429 g/mol. The van der Waals surface area contributed by atoms with Crippen molar-refractivity contribution in [1.29, 1.82) is 0 Å². The summed E-state index contributed by atoms with van der Waals surface area (Å²) in [4.78, 5) is 13.0. The number of rotatable bonds is 9. The van der Waals surface area contributed by atoms with E-state index in [0.29, 0.717) is 15.9 Å². The van der Waals surface area contributed by atoms with Gasteiger partial charge < -0.3 is 9.94 Å². The second-order valence-corrected chi connectivity index (χ2v) is 7.87. The summed E-state index contributed by atoms with van der Waals surface area (Å²) in [5.41, 5.74) is 1.73. The van der Waals surface area contributed by atoms with E-state index in [0.717, 1.165) is 39.8 Å². The summed E-state index contributed by atoms with van der Waals surface area (Å²) < 4.78 is 7.01. The molecule has 3 aromatic carbocycles. The van der Waals surface area contributed by atoms with Gasteiger partial charge in [-0.2, -0.15) is 0 Å². The van der Waals surface area contributed by atoms with E-state index in [1.807, 2.05) is 36.4 Å². The highest BCUT2D eigenvalue weighted by atomic mass is 16.5. The van der Waals surface area contributed by atoms with Gasteiger partial charge in [0, 0.05) is 6.08 Å². The van der Waals surface area contributed by atoms with E-state index in [-0.39, 0.29) is 5.91 Å². The average Bonchev–Trinajstić information content (AvgIpc) is 3.16. The number of ether oxygens (including phenoxy) is 1. The summed E-state index contributed by atoms with van der Waals surface area (Å²) in [6.07, 6.45) is 9.24. The molecule has 1 heterocycles. The minimum atomic E-state index is -0.376. The van der Waals surface area contributed by atoms with Crippen molar-refractivity contribution in [2.75, 3.05) is 6.61 Å². The first-order valence-electron chi connectivity index (χ1n) is 11.1. The second kappa shape index (κ2) is 10.1. The Kier molecular flexibility index (Phi) is 6.80. The molecule has 0 aliphatic rings. The molecule has 0 atom stereocenters. The van der Waals surface area contributed by atoms with Gasteiger partial charge in [0.1, 0.15) is 11.0 Å². The zero-order valence-electron chi connectivity index (χ0n) is 18.2. The number of carbonyl (C=O) groups is 1. The first-order valence-corrected chi connectivity index (χ1v) is 11.1. The summed E-state index contributed by atoms with van der Waals surface area (Å²) in [6, 6.07) is 18.9. The van der Waals surface area contributed by atoms with Crippen LogP contribution in [-0.2, 0) is 0 Å². The lowest BCUT2D eigenvalue weighted by Gasteiger charge is -2.08. The van der Waals surface area contributed by atoms with E-state index >= 15 is 0 Å². The van der Waals surface area contributed by atoms with Crippen LogP contribution in [0.15, 0.2) is 66.7 Å². The van der Waals surface area contributed by atoms with Crippen molar-refractivity contribution < 1.29 is 14.4 Å². The highest BCUT2D eigenvalue weighted by molar-refractivity contribution is 5.98. The van der Waals surface area contributed by atoms with Gasteiger partial charge >= 0.3 is 5.91 Å². The molecule has 4 aromatic rings. The SMILES string of the molecule is CCCCCCCOc1ccc2cc(/C=C/C(=O)n3n[n+]([O-])c4ccccc43)ccc2c1. The van der Waals surface area contributed by atoms with Gasteiger partial charge in [-0.25, -0.2) is 4.79 Å². The summed E-state index contributed by atoms with van der Waals surface area (Å²) >= 11 is 0. The van der Waals surface area contributed by atoms with E-state index in [9.17, 15) is 10.0 Å². The zero-order valence-corrected chi connectivity index (χ0v) is 18.2. The molecule has 0 radical (unpaired) electrons. The summed E-state index contributed by atoms with van der Waals surface area (Å²) in [6.45, 7) is 2.96. The third-order valence-electron chi connectivity index (χ3n) is 5.47. The molecule has 0 N–H and O–H groups in total. The second-order valence-electron chi connectivity index (χ2n) is 7.87. The van der Waals surface area contributed by atoms with Crippen molar-refractivity contribution in [3.05, 3.63) is 77.5 Å². The van der Waals surface area contributed by atoms with Crippen LogP contribution in [0.25, 0.3) is 27.9 Å². The molecule has 6 heteroatoms. The molecule has 32 heavy (non-hydrogen) atoms. The van der Waals surface area contributed by atoms with Crippen molar-refractivity contribution >= 4 is 33.8 Å². The molecular formula is C26H27N3O3. The standard InChI is InChI=1S/C26H27N3O3/c1-2-3-4-5-8-17-32-23-15-14-21-18-20(11-13-22(21)19-23)12-16-26(30)28-24-9-6-7-10-25(24)29(31)27-28/h6-7,9-16,18-19H,2-5,8,17H2,1H3/b16-12+. The van der Waals surface area contributed by atoms with Crippen molar-refractivity contribution in [3.63, 3.8) is 0 Å². The van der Waals surface area contributed by atoms with E-state index in [2.05, 4.69) is 12.1 Å². The van der Waals surface area contributed by atoms with Crippen LogP contribution >= 0.6 is 0 Å². The maximum Gasteiger partial charge on any atom is 0.359 e. The van der Waals surface area contributed by atoms with Gasteiger partial charge in [-0.1, -0.05) is 67.6 Å². The molecule has 6 nitrogen and oxygen atoms in total. The van der Waals surface area contributed by atoms with Crippen molar-refractivity contribution in [1.82, 2.24) is 9.90 Å². The number of hydrogen-bond donors (Lipinski definition) is 0. The zero-order chi connectivity index (χ0) is 22.3. The number of benzene rings is 3. The molecule has 0 unspecified atom stereocenters. The predicted octanol–water partition coefficient (Wildman–Crippen LogP) is 5.53. The van der Waals surface area contributed by atoms with Crippen LogP contribution in [0.3, 0.4) is 0 Å². The number of nitrogens with zero attached hydrogens (tertiary/aromatic N) is 3. The number of unbranched alkanes of at least 4 members (excludes halogenated alkanes) is 4. The Morgan fingerprint density at radius 2 is 1.81 bits per heavy atom. The van der Waals surface area contributed by atoms with E-state index < -0.39 is 0 Å². The third-order valence-corrected chi connectivity index (χ3v) is 5.47. The first kappa shape index (κ1) is 21.6. The summed E-state index contributed by atoms with van der Waals surface area (Å²) in [7, 11) is 0. The fraction of sp³-hybridized carbons (Fsp3) is 0.269. The van der Waals surface area contributed by atoms with Crippen LogP contribution in [0.4, 0.5) is 0 Å². The predicted molar refractivity (Wildman–Crippen MR) is 127 cm³/mol. The number of para-hydroxylation sites is 2. The van der Waals surface area contributed by atoms with Gasteiger partial charge in [0.15, 0.2) is 0 Å². The molecule has 0 saturated heterocycles. The molecule has 0 bridgehead atoms. The van der Waals surface area contributed by atoms with Crippen molar-refractivity contribution in [3.8, 4) is 5.75 Å². The maximum absolute atomic E-state index is 12.6. The fourth-order valence-corrected chi connectivity index (χ4v) is 3.71. The third kappa shape index (κ3) is 4.97. The summed E-state index contributed by atoms with van der Waals surface area (Å²) in [5.74, 6) is 0.501. The van der Waals surface area contributed by atoms with Crippen molar-refractivity contribution in [2.45, 2.75) is 39.0 Å². The topological polar surface area (TPSA) is 71.1 Å². The molecular weight excluding hydrogens is 402 g/mol. The first-order chi connectivity index (χ1) is 15.7.